The molecule has 1 atom stereocenters. The number of benzene rings is 2. The Bertz CT molecular complexity index is 713. The zero-order valence-electron chi connectivity index (χ0n) is 14.7. The smallest absolute Gasteiger partial charge is 0.416 e. The topological polar surface area (TPSA) is 42.8 Å². The maximum absolute atomic E-state index is 12.6. The molecule has 0 spiro atoms. The van der Waals surface area contributed by atoms with Crippen LogP contribution in [0.3, 0.4) is 0 Å². The summed E-state index contributed by atoms with van der Waals surface area (Å²) in [4.78, 5) is 13.0. The quantitative estimate of drug-likeness (QED) is 0.790. The molecule has 26 heavy (non-hydrogen) atoms. The van der Waals surface area contributed by atoms with Gasteiger partial charge in [0.1, 0.15) is 12.3 Å². The van der Waals surface area contributed by atoms with E-state index < -0.39 is 11.7 Å². The second kappa shape index (κ2) is 8.71. The van der Waals surface area contributed by atoms with Crippen molar-refractivity contribution in [1.29, 1.82) is 0 Å². The summed E-state index contributed by atoms with van der Waals surface area (Å²) in [6.45, 7) is 3.12. The Kier molecular flexibility index (Phi) is 6.63. The normalized spacial score (nSPS) is 12.5. The van der Waals surface area contributed by atoms with Crippen LogP contribution in [0.1, 0.15) is 18.1 Å². The molecule has 2 rings (SSSR count). The lowest BCUT2D eigenvalue weighted by atomic mass is 10.1. The molecule has 0 saturated heterocycles. The second-order valence-electron chi connectivity index (χ2n) is 6.01. The fourth-order valence-electron chi connectivity index (χ4n) is 2.50. The molecule has 2 aromatic rings. The fourth-order valence-corrected chi connectivity index (χ4v) is 2.50. The SMILES string of the molecule is CCOc1ccc(NC(=O)C[NH+](C)Cc2ccc(C(F)(F)F)cc2)cc1. The van der Waals surface area contributed by atoms with Gasteiger partial charge >= 0.3 is 6.18 Å². The first-order valence-corrected chi connectivity index (χ1v) is 8.28. The van der Waals surface area contributed by atoms with Crippen molar-refractivity contribution < 1.29 is 27.6 Å². The van der Waals surface area contributed by atoms with E-state index in [9.17, 15) is 18.0 Å². The van der Waals surface area contributed by atoms with Crippen molar-refractivity contribution in [2.24, 2.45) is 0 Å². The van der Waals surface area contributed by atoms with Crippen LogP contribution in [0.5, 0.6) is 5.75 Å². The molecule has 7 heteroatoms. The van der Waals surface area contributed by atoms with Crippen LogP contribution in [-0.4, -0.2) is 26.1 Å². The van der Waals surface area contributed by atoms with E-state index in [1.807, 2.05) is 14.0 Å². The van der Waals surface area contributed by atoms with Gasteiger partial charge in [0.2, 0.25) is 0 Å². The van der Waals surface area contributed by atoms with E-state index in [0.717, 1.165) is 28.3 Å². The number of halogens is 3. The third-order valence-corrected chi connectivity index (χ3v) is 3.70. The zero-order chi connectivity index (χ0) is 19.2. The number of hydrogen-bond donors (Lipinski definition) is 2. The Balaban J connectivity index is 1.84. The van der Waals surface area contributed by atoms with Gasteiger partial charge in [-0.2, -0.15) is 13.2 Å². The molecule has 0 radical (unpaired) electrons. The molecule has 2 N–H and O–H groups in total. The Labute approximate surface area is 150 Å². The van der Waals surface area contributed by atoms with Gasteiger partial charge in [0, 0.05) is 11.3 Å². The fraction of sp³-hybridized carbons (Fsp3) is 0.316. The predicted octanol–water partition coefficient (Wildman–Crippen LogP) is 2.76. The van der Waals surface area contributed by atoms with Crippen LogP contribution in [0.4, 0.5) is 18.9 Å². The second-order valence-corrected chi connectivity index (χ2v) is 6.01. The Morgan fingerprint density at radius 2 is 1.69 bits per heavy atom. The lowest BCUT2D eigenvalue weighted by molar-refractivity contribution is -0.885. The summed E-state index contributed by atoms with van der Waals surface area (Å²) in [5.74, 6) is 0.564. The first-order chi connectivity index (χ1) is 12.3. The minimum Gasteiger partial charge on any atom is -0.494 e. The van der Waals surface area contributed by atoms with Crippen molar-refractivity contribution in [1.82, 2.24) is 0 Å². The van der Waals surface area contributed by atoms with Crippen LogP contribution >= 0.6 is 0 Å². The molecular formula is C19H22F3N2O2+. The van der Waals surface area contributed by atoms with Crippen molar-refractivity contribution in [3.8, 4) is 5.75 Å². The van der Waals surface area contributed by atoms with E-state index in [2.05, 4.69) is 5.32 Å². The molecule has 0 fully saturated rings. The van der Waals surface area contributed by atoms with Crippen LogP contribution < -0.4 is 15.0 Å². The largest absolute Gasteiger partial charge is 0.494 e. The van der Waals surface area contributed by atoms with Gasteiger partial charge in [-0.05, 0) is 43.3 Å². The standard InChI is InChI=1S/C19H21F3N2O2/c1-3-26-17-10-8-16(9-11-17)23-18(25)13-24(2)12-14-4-6-15(7-5-14)19(20,21)22/h4-11H,3,12-13H2,1-2H3,(H,23,25)/p+1. The van der Waals surface area contributed by atoms with Gasteiger partial charge in [-0.3, -0.25) is 4.79 Å². The number of rotatable bonds is 7. The monoisotopic (exact) mass is 367 g/mol. The number of likely N-dealkylation sites (N-methyl/N-ethyl adjacent to an activating group) is 1. The molecule has 0 aromatic heterocycles. The maximum atomic E-state index is 12.6. The summed E-state index contributed by atoms with van der Waals surface area (Å²) in [7, 11) is 1.81. The van der Waals surface area contributed by atoms with E-state index in [1.165, 1.54) is 12.1 Å². The van der Waals surface area contributed by atoms with Crippen molar-refractivity contribution in [2.75, 3.05) is 25.5 Å². The van der Waals surface area contributed by atoms with Gasteiger partial charge in [-0.15, -0.1) is 0 Å². The van der Waals surface area contributed by atoms with Crippen LogP contribution in [0, 0.1) is 0 Å². The molecule has 0 bridgehead atoms. The molecule has 1 unspecified atom stereocenters. The number of amides is 1. The minimum atomic E-state index is -4.34. The predicted molar refractivity (Wildman–Crippen MR) is 93.1 cm³/mol. The number of carbonyl (C=O) groups is 1. The van der Waals surface area contributed by atoms with Crippen molar-refractivity contribution in [3.05, 3.63) is 59.7 Å². The lowest BCUT2D eigenvalue weighted by Crippen LogP contribution is -3.08. The van der Waals surface area contributed by atoms with Gasteiger partial charge in [0.25, 0.3) is 5.91 Å². The number of carbonyl (C=O) groups excluding carboxylic acids is 1. The molecule has 4 nitrogen and oxygen atoms in total. The summed E-state index contributed by atoms with van der Waals surface area (Å²) in [5.41, 5.74) is 0.734. The number of anilines is 1. The number of hydrogen-bond acceptors (Lipinski definition) is 2. The minimum absolute atomic E-state index is 0.168. The van der Waals surface area contributed by atoms with Gasteiger partial charge in [0.15, 0.2) is 6.54 Å². The molecule has 2 aromatic carbocycles. The Morgan fingerprint density at radius 1 is 1.08 bits per heavy atom. The van der Waals surface area contributed by atoms with Gasteiger partial charge in [-0.1, -0.05) is 12.1 Å². The molecule has 1 amide bonds. The molecular weight excluding hydrogens is 345 g/mol. The van der Waals surface area contributed by atoms with Crippen LogP contribution in [-0.2, 0) is 17.5 Å². The zero-order valence-corrected chi connectivity index (χ0v) is 14.7. The van der Waals surface area contributed by atoms with E-state index in [1.54, 1.807) is 24.3 Å². The molecule has 0 aliphatic rings. The highest BCUT2D eigenvalue weighted by Crippen LogP contribution is 2.28. The van der Waals surface area contributed by atoms with Crippen molar-refractivity contribution in [3.63, 3.8) is 0 Å². The molecule has 140 valence electrons. The van der Waals surface area contributed by atoms with E-state index in [4.69, 9.17) is 4.74 Å². The van der Waals surface area contributed by atoms with Crippen LogP contribution in [0.2, 0.25) is 0 Å². The number of quaternary nitrogens is 1. The van der Waals surface area contributed by atoms with E-state index in [-0.39, 0.29) is 12.5 Å². The summed E-state index contributed by atoms with van der Waals surface area (Å²) >= 11 is 0. The molecule has 0 aliphatic heterocycles. The third kappa shape index (κ3) is 6.07. The highest BCUT2D eigenvalue weighted by atomic mass is 19.4. The molecule has 0 heterocycles. The first kappa shape index (κ1) is 19.8. The van der Waals surface area contributed by atoms with Gasteiger partial charge < -0.3 is 15.0 Å². The number of ether oxygens (including phenoxy) is 1. The number of alkyl halides is 3. The van der Waals surface area contributed by atoms with Gasteiger partial charge in [-0.25, -0.2) is 0 Å². The summed E-state index contributed by atoms with van der Waals surface area (Å²) in [6, 6.07) is 12.1. The first-order valence-electron chi connectivity index (χ1n) is 8.28. The summed E-state index contributed by atoms with van der Waals surface area (Å²) < 4.78 is 43.0. The van der Waals surface area contributed by atoms with Crippen LogP contribution in [0.15, 0.2) is 48.5 Å². The van der Waals surface area contributed by atoms with E-state index in [0.29, 0.717) is 18.8 Å². The maximum Gasteiger partial charge on any atom is 0.416 e. The Morgan fingerprint density at radius 3 is 2.23 bits per heavy atom. The van der Waals surface area contributed by atoms with E-state index >= 15 is 0 Å². The van der Waals surface area contributed by atoms with Gasteiger partial charge in [0.05, 0.1) is 19.2 Å². The molecule has 0 aliphatic carbocycles. The Hall–Kier alpha value is -2.54. The lowest BCUT2D eigenvalue weighted by Gasteiger charge is -2.15. The summed E-state index contributed by atoms with van der Waals surface area (Å²) in [5, 5.41) is 2.79. The highest BCUT2D eigenvalue weighted by molar-refractivity contribution is 5.91. The average Bonchev–Trinajstić information content (AvgIpc) is 2.56. The molecule has 0 saturated carbocycles. The summed E-state index contributed by atoms with van der Waals surface area (Å²) in [6.07, 6.45) is -4.34. The van der Waals surface area contributed by atoms with Crippen LogP contribution in [0.25, 0.3) is 0 Å². The number of nitrogens with one attached hydrogen (secondary N) is 2. The highest BCUT2D eigenvalue weighted by Gasteiger charge is 2.30. The van der Waals surface area contributed by atoms with Crippen molar-refractivity contribution >= 4 is 11.6 Å². The third-order valence-electron chi connectivity index (χ3n) is 3.70. The van der Waals surface area contributed by atoms with Crippen molar-refractivity contribution in [2.45, 2.75) is 19.6 Å². The average molecular weight is 367 g/mol.